The summed E-state index contributed by atoms with van der Waals surface area (Å²) in [4.78, 5) is 11.6. The maximum absolute atomic E-state index is 11.6. The minimum Gasteiger partial charge on any atom is -0.463 e. The fourth-order valence-electron chi connectivity index (χ4n) is 3.28. The van der Waals surface area contributed by atoms with Gasteiger partial charge in [0.05, 0.1) is 6.61 Å². The summed E-state index contributed by atoms with van der Waals surface area (Å²) < 4.78 is 10.0. The van der Waals surface area contributed by atoms with Gasteiger partial charge in [-0.1, -0.05) is 96.8 Å². The Hall–Kier alpha value is -0.610. The summed E-state index contributed by atoms with van der Waals surface area (Å²) >= 11 is 0. The van der Waals surface area contributed by atoms with Crippen LogP contribution in [0.25, 0.3) is 0 Å². The van der Waals surface area contributed by atoms with E-state index in [1.54, 1.807) is 0 Å². The van der Waals surface area contributed by atoms with Crippen molar-refractivity contribution in [1.29, 1.82) is 0 Å². The molecule has 4 nitrogen and oxygen atoms in total. The smallest absolute Gasteiger partial charge is 0.305 e. The highest BCUT2D eigenvalue weighted by atomic mass is 16.6. The third kappa shape index (κ3) is 14.5. The van der Waals surface area contributed by atoms with Crippen molar-refractivity contribution >= 4 is 5.97 Å². The van der Waals surface area contributed by atoms with Gasteiger partial charge in [0.15, 0.2) is 0 Å². The van der Waals surface area contributed by atoms with E-state index in [0.29, 0.717) is 13.0 Å². The van der Waals surface area contributed by atoms with Gasteiger partial charge in [-0.3, -0.25) is 4.79 Å². The Balaban J connectivity index is 1.70. The highest BCUT2D eigenvalue weighted by Gasteiger charge is 2.31. The Morgan fingerprint density at radius 2 is 1.31 bits per heavy atom. The Morgan fingerprint density at radius 1 is 0.885 bits per heavy atom. The molecule has 0 unspecified atom stereocenters. The molecule has 1 rings (SSSR count). The number of carbonyl (C=O) groups is 1. The maximum atomic E-state index is 11.6. The van der Waals surface area contributed by atoms with E-state index in [1.165, 1.54) is 83.5 Å². The molecule has 4 heteroatoms. The second-order valence-corrected chi connectivity index (χ2v) is 7.82. The van der Waals surface area contributed by atoms with Crippen LogP contribution in [0.5, 0.6) is 0 Å². The van der Waals surface area contributed by atoms with E-state index in [4.69, 9.17) is 9.47 Å². The molecule has 0 bridgehead atoms. The van der Waals surface area contributed by atoms with E-state index in [0.717, 1.165) is 12.8 Å². The molecule has 0 radical (unpaired) electrons. The fourth-order valence-corrected chi connectivity index (χ4v) is 3.28. The molecule has 0 amide bonds. The van der Waals surface area contributed by atoms with Crippen molar-refractivity contribution in [3.63, 3.8) is 0 Å². The molecule has 0 aliphatic carbocycles. The predicted molar refractivity (Wildman–Crippen MR) is 106 cm³/mol. The average Bonchev–Trinajstić information content (AvgIpc) is 3.48. The van der Waals surface area contributed by atoms with Crippen LogP contribution in [0, 0.1) is 0 Å². The summed E-state index contributed by atoms with van der Waals surface area (Å²) in [5.41, 5.74) is 0. The van der Waals surface area contributed by atoms with Gasteiger partial charge in [-0.05, 0) is 6.42 Å². The zero-order chi connectivity index (χ0) is 18.9. The van der Waals surface area contributed by atoms with Gasteiger partial charge < -0.3 is 14.6 Å². The molecule has 0 aromatic carbocycles. The van der Waals surface area contributed by atoms with Crippen LogP contribution in [0.2, 0.25) is 0 Å². The van der Waals surface area contributed by atoms with Crippen molar-refractivity contribution < 1.29 is 19.4 Å². The van der Waals surface area contributed by atoms with Crippen LogP contribution in [0.4, 0.5) is 0 Å². The van der Waals surface area contributed by atoms with Gasteiger partial charge in [0, 0.05) is 6.42 Å². The molecule has 1 saturated heterocycles. The number of hydrogen-bond acceptors (Lipinski definition) is 4. The van der Waals surface area contributed by atoms with Gasteiger partial charge >= 0.3 is 5.97 Å². The van der Waals surface area contributed by atoms with E-state index in [9.17, 15) is 9.90 Å². The number of epoxide rings is 1. The van der Waals surface area contributed by atoms with Crippen LogP contribution < -0.4 is 0 Å². The minimum absolute atomic E-state index is 0.0717. The molecule has 1 aliphatic heterocycles. The van der Waals surface area contributed by atoms with Crippen molar-refractivity contribution in [2.24, 2.45) is 0 Å². The first-order valence-electron chi connectivity index (χ1n) is 11.2. The lowest BCUT2D eigenvalue weighted by molar-refractivity contribution is -0.147. The van der Waals surface area contributed by atoms with E-state index >= 15 is 0 Å². The lowest BCUT2D eigenvalue weighted by atomic mass is 10.0. The summed E-state index contributed by atoms with van der Waals surface area (Å²) in [6.45, 7) is 2.92. The number of ether oxygens (including phenoxy) is 2. The predicted octanol–water partition coefficient (Wildman–Crippen LogP) is 5.55. The van der Waals surface area contributed by atoms with Crippen molar-refractivity contribution in [1.82, 2.24) is 0 Å². The monoisotopic (exact) mass is 370 g/mol. The van der Waals surface area contributed by atoms with E-state index in [-0.39, 0.29) is 18.7 Å². The van der Waals surface area contributed by atoms with Crippen LogP contribution in [-0.2, 0) is 14.3 Å². The fraction of sp³-hybridized carbons (Fsp3) is 0.955. The first-order chi connectivity index (χ1) is 12.7. The number of unbranched alkanes of at least 4 members (excludes halogenated alkanes) is 14. The first kappa shape index (κ1) is 23.4. The molecular weight excluding hydrogens is 328 g/mol. The third-order valence-electron chi connectivity index (χ3n) is 5.19. The first-order valence-corrected chi connectivity index (χ1v) is 11.2. The number of aliphatic hydroxyl groups is 1. The molecule has 0 aromatic heterocycles. The molecule has 2 atom stereocenters. The van der Waals surface area contributed by atoms with Gasteiger partial charge in [0.25, 0.3) is 0 Å². The van der Waals surface area contributed by atoms with Crippen LogP contribution >= 0.6 is 0 Å². The second-order valence-electron chi connectivity index (χ2n) is 7.82. The van der Waals surface area contributed by atoms with E-state index in [2.05, 4.69) is 6.92 Å². The normalized spacial score (nSPS) is 17.2. The lowest BCUT2D eigenvalue weighted by Gasteiger charge is -2.08. The van der Waals surface area contributed by atoms with Gasteiger partial charge in [0.1, 0.15) is 18.8 Å². The molecule has 154 valence electrons. The number of rotatable bonds is 19. The van der Waals surface area contributed by atoms with Crippen LogP contribution in [0.15, 0.2) is 0 Å². The number of aliphatic hydroxyl groups excluding tert-OH is 1. The summed E-state index contributed by atoms with van der Waals surface area (Å²) in [5.74, 6) is -0.195. The zero-order valence-corrected chi connectivity index (χ0v) is 17.1. The molecule has 0 saturated carbocycles. The minimum atomic E-state index is -0.653. The van der Waals surface area contributed by atoms with Crippen molar-refractivity contribution in [3.05, 3.63) is 0 Å². The van der Waals surface area contributed by atoms with Crippen LogP contribution in [-0.4, -0.2) is 36.5 Å². The molecule has 0 aromatic rings. The third-order valence-corrected chi connectivity index (χ3v) is 5.19. The summed E-state index contributed by atoms with van der Waals surface area (Å²) in [6, 6.07) is 0. The summed E-state index contributed by atoms with van der Waals surface area (Å²) in [7, 11) is 0. The molecule has 26 heavy (non-hydrogen) atoms. The lowest BCUT2D eigenvalue weighted by Crippen LogP contribution is -2.23. The molecule has 1 aliphatic rings. The molecule has 1 fully saturated rings. The number of carbonyl (C=O) groups excluding carboxylic acids is 1. The summed E-state index contributed by atoms with van der Waals surface area (Å²) in [5, 5.41) is 9.54. The Morgan fingerprint density at radius 3 is 1.73 bits per heavy atom. The van der Waals surface area contributed by atoms with Crippen molar-refractivity contribution in [3.8, 4) is 0 Å². The van der Waals surface area contributed by atoms with Crippen molar-refractivity contribution in [2.45, 2.75) is 122 Å². The maximum Gasteiger partial charge on any atom is 0.305 e. The Kier molecular flexibility index (Phi) is 14.9. The van der Waals surface area contributed by atoms with E-state index < -0.39 is 6.10 Å². The topological polar surface area (TPSA) is 59.1 Å². The number of esters is 1. The Bertz CT molecular complexity index is 328. The molecule has 1 N–H and O–H groups in total. The van der Waals surface area contributed by atoms with Gasteiger partial charge in [-0.25, -0.2) is 0 Å². The van der Waals surface area contributed by atoms with E-state index in [1.807, 2.05) is 0 Å². The molecule has 0 spiro atoms. The van der Waals surface area contributed by atoms with Gasteiger partial charge in [0.2, 0.25) is 0 Å². The second kappa shape index (κ2) is 16.6. The zero-order valence-electron chi connectivity index (χ0n) is 17.1. The van der Waals surface area contributed by atoms with Crippen LogP contribution in [0.1, 0.15) is 110 Å². The SMILES string of the molecule is CCCCCCCCCCCCCCCCCC(=O)OC[C@@H](O)[C@@H]1CO1. The van der Waals surface area contributed by atoms with Crippen molar-refractivity contribution in [2.75, 3.05) is 13.2 Å². The average molecular weight is 371 g/mol. The number of hydrogen-bond donors (Lipinski definition) is 1. The largest absolute Gasteiger partial charge is 0.463 e. The molecule has 1 heterocycles. The Labute approximate surface area is 161 Å². The van der Waals surface area contributed by atoms with Gasteiger partial charge in [-0.2, -0.15) is 0 Å². The van der Waals surface area contributed by atoms with Gasteiger partial charge in [-0.15, -0.1) is 0 Å². The van der Waals surface area contributed by atoms with Crippen LogP contribution in [0.3, 0.4) is 0 Å². The highest BCUT2D eigenvalue weighted by molar-refractivity contribution is 5.69. The summed E-state index contributed by atoms with van der Waals surface area (Å²) in [6.07, 6.45) is 19.5. The highest BCUT2D eigenvalue weighted by Crippen LogP contribution is 2.15. The quantitative estimate of drug-likeness (QED) is 0.184. The molecular formula is C22H42O4. The standard InChI is InChI=1S/C22H42O4/c1-2-3-4-5-6-7-8-9-10-11-12-13-14-15-16-17-22(24)26-18-20(23)21-19-25-21/h20-21,23H,2-19H2,1H3/t20-,21+/m1/s1.